The highest BCUT2D eigenvalue weighted by atomic mass is 32.2. The predicted octanol–water partition coefficient (Wildman–Crippen LogP) is 4.50. The monoisotopic (exact) mass is 540 g/mol. The summed E-state index contributed by atoms with van der Waals surface area (Å²) in [6, 6.07) is 15.6. The van der Waals surface area contributed by atoms with Gasteiger partial charge >= 0.3 is 5.97 Å². The minimum absolute atomic E-state index is 0.0304. The van der Waals surface area contributed by atoms with Gasteiger partial charge in [-0.05, 0) is 31.5 Å². The third-order valence-electron chi connectivity index (χ3n) is 4.93. The van der Waals surface area contributed by atoms with Gasteiger partial charge in [-0.3, -0.25) is 14.4 Å². The van der Waals surface area contributed by atoms with Crippen molar-refractivity contribution < 1.29 is 19.1 Å². The van der Waals surface area contributed by atoms with E-state index in [1.165, 1.54) is 34.4 Å². The molecule has 2 heterocycles. The van der Waals surface area contributed by atoms with Crippen LogP contribution in [0.25, 0.3) is 21.5 Å². The van der Waals surface area contributed by atoms with Gasteiger partial charge in [-0.1, -0.05) is 47.7 Å². The lowest BCUT2D eigenvalue weighted by Crippen LogP contribution is -2.23. The van der Waals surface area contributed by atoms with Gasteiger partial charge in [0, 0.05) is 10.9 Å². The number of ether oxygens (including phenoxy) is 1. The molecule has 0 aliphatic rings. The number of thiazole rings is 2. The van der Waals surface area contributed by atoms with Crippen LogP contribution in [0.4, 0.5) is 5.13 Å². The lowest BCUT2D eigenvalue weighted by molar-refractivity contribution is -0.143. The number of hydrogen-bond acceptors (Lipinski definition) is 8. The topological polar surface area (TPSA) is 103 Å². The summed E-state index contributed by atoms with van der Waals surface area (Å²) in [7, 11) is 0. The van der Waals surface area contributed by atoms with Gasteiger partial charge in [-0.2, -0.15) is 4.99 Å². The molecule has 0 aliphatic carbocycles. The maximum atomic E-state index is 12.6. The van der Waals surface area contributed by atoms with E-state index in [1.54, 1.807) is 11.5 Å². The van der Waals surface area contributed by atoms with Gasteiger partial charge in [0.2, 0.25) is 5.91 Å². The molecule has 0 radical (unpaired) electrons. The van der Waals surface area contributed by atoms with E-state index in [9.17, 15) is 14.4 Å². The maximum Gasteiger partial charge on any atom is 0.326 e. The van der Waals surface area contributed by atoms with Crippen molar-refractivity contribution in [3.63, 3.8) is 0 Å². The molecular formula is C25H24N4O4S3. The number of nitrogens with one attached hydrogen (secondary N) is 1. The van der Waals surface area contributed by atoms with Crippen LogP contribution in [-0.2, 0) is 25.7 Å². The predicted molar refractivity (Wildman–Crippen MR) is 145 cm³/mol. The normalized spacial score (nSPS) is 11.6. The van der Waals surface area contributed by atoms with Crippen molar-refractivity contribution in [3.05, 3.63) is 64.3 Å². The molecule has 0 saturated heterocycles. The van der Waals surface area contributed by atoms with E-state index in [0.717, 1.165) is 27.0 Å². The van der Waals surface area contributed by atoms with Crippen LogP contribution in [0.3, 0.4) is 0 Å². The van der Waals surface area contributed by atoms with Crippen LogP contribution in [-0.4, -0.2) is 45.4 Å². The van der Waals surface area contributed by atoms with E-state index in [-0.39, 0.29) is 36.5 Å². The minimum Gasteiger partial charge on any atom is -0.465 e. The van der Waals surface area contributed by atoms with E-state index >= 15 is 0 Å². The van der Waals surface area contributed by atoms with Crippen molar-refractivity contribution in [3.8, 4) is 11.3 Å². The van der Waals surface area contributed by atoms with E-state index in [1.807, 2.05) is 60.8 Å². The van der Waals surface area contributed by atoms with Crippen LogP contribution in [0.5, 0.6) is 0 Å². The first-order chi connectivity index (χ1) is 17.4. The number of rotatable bonds is 9. The third-order valence-corrected chi connectivity index (χ3v) is 7.65. The number of thioether (sulfide) groups is 1. The minimum atomic E-state index is -0.393. The molecule has 0 aliphatic heterocycles. The summed E-state index contributed by atoms with van der Waals surface area (Å²) in [4.78, 5) is 46.1. The van der Waals surface area contributed by atoms with Crippen molar-refractivity contribution in [1.82, 2.24) is 9.55 Å². The van der Waals surface area contributed by atoms with Gasteiger partial charge in [0.15, 0.2) is 9.93 Å². The second-order valence-corrected chi connectivity index (χ2v) is 10.6. The summed E-state index contributed by atoms with van der Waals surface area (Å²) in [6.45, 7) is 3.97. The van der Waals surface area contributed by atoms with Gasteiger partial charge in [-0.25, -0.2) is 4.98 Å². The van der Waals surface area contributed by atoms with E-state index in [0.29, 0.717) is 9.93 Å². The van der Waals surface area contributed by atoms with E-state index < -0.39 is 5.97 Å². The van der Waals surface area contributed by atoms with Crippen LogP contribution < -0.4 is 10.1 Å². The Kier molecular flexibility index (Phi) is 8.68. The molecule has 8 nitrogen and oxygen atoms in total. The number of aryl methyl sites for hydroxylation is 1. The molecule has 11 heteroatoms. The first-order valence-corrected chi connectivity index (χ1v) is 14.0. The third kappa shape index (κ3) is 6.68. The molecule has 2 aromatic heterocycles. The zero-order chi connectivity index (χ0) is 25.5. The number of carbonyl (C=O) groups is 3. The molecule has 186 valence electrons. The van der Waals surface area contributed by atoms with Crippen LogP contribution in [0, 0.1) is 6.92 Å². The van der Waals surface area contributed by atoms with Crippen molar-refractivity contribution in [2.24, 2.45) is 4.99 Å². The average Bonchev–Trinajstić information content (AvgIpc) is 3.44. The van der Waals surface area contributed by atoms with Gasteiger partial charge in [0.25, 0.3) is 5.91 Å². The SMILES string of the molecule is CCOC(=O)Cn1c(=NC(=O)CSCC(=O)Nc2nc(-c3ccccc3)cs2)sc2cc(C)ccc21. The van der Waals surface area contributed by atoms with Crippen molar-refractivity contribution in [1.29, 1.82) is 0 Å². The molecule has 2 aromatic carbocycles. The first kappa shape index (κ1) is 25.8. The summed E-state index contributed by atoms with van der Waals surface area (Å²) in [6.07, 6.45) is 0. The number of hydrogen-bond donors (Lipinski definition) is 1. The Morgan fingerprint density at radius 3 is 2.72 bits per heavy atom. The zero-order valence-electron chi connectivity index (χ0n) is 19.7. The van der Waals surface area contributed by atoms with E-state index in [4.69, 9.17) is 4.74 Å². The fourth-order valence-electron chi connectivity index (χ4n) is 3.35. The van der Waals surface area contributed by atoms with Gasteiger partial charge in [-0.15, -0.1) is 23.1 Å². The summed E-state index contributed by atoms with van der Waals surface area (Å²) >= 11 is 3.86. The molecule has 1 N–H and O–H groups in total. The number of carbonyl (C=O) groups excluding carboxylic acids is 3. The number of benzene rings is 2. The fourth-order valence-corrected chi connectivity index (χ4v) is 5.83. The Balaban J connectivity index is 1.37. The Morgan fingerprint density at radius 1 is 1.14 bits per heavy atom. The number of esters is 1. The summed E-state index contributed by atoms with van der Waals surface area (Å²) in [5, 5.41) is 5.17. The molecule has 0 spiro atoms. The standard InChI is InChI=1S/C25H24N4O4S3/c1-3-33-23(32)12-29-19-10-9-16(2)11-20(19)36-25(29)28-22(31)15-34-14-21(30)27-24-26-18(13-35-24)17-7-5-4-6-8-17/h4-11,13H,3,12,14-15H2,1-2H3,(H,26,27,30). The lowest BCUT2D eigenvalue weighted by Gasteiger charge is -2.05. The van der Waals surface area contributed by atoms with Gasteiger partial charge in [0.1, 0.15) is 6.54 Å². The lowest BCUT2D eigenvalue weighted by atomic mass is 10.2. The molecule has 0 atom stereocenters. The molecule has 0 fully saturated rings. The molecule has 4 rings (SSSR count). The average molecular weight is 541 g/mol. The van der Waals surface area contributed by atoms with Gasteiger partial charge in [0.05, 0.1) is 34.0 Å². The van der Waals surface area contributed by atoms with Crippen LogP contribution in [0.15, 0.2) is 58.9 Å². The van der Waals surface area contributed by atoms with Crippen LogP contribution in [0.2, 0.25) is 0 Å². The van der Waals surface area contributed by atoms with Crippen LogP contribution in [0.1, 0.15) is 12.5 Å². The van der Waals surface area contributed by atoms with Crippen molar-refractivity contribution in [2.75, 3.05) is 23.4 Å². The highest BCUT2D eigenvalue weighted by molar-refractivity contribution is 8.00. The van der Waals surface area contributed by atoms with E-state index in [2.05, 4.69) is 15.3 Å². The number of aromatic nitrogens is 2. The second kappa shape index (κ2) is 12.1. The summed E-state index contributed by atoms with van der Waals surface area (Å²) < 4.78 is 7.70. The van der Waals surface area contributed by atoms with Crippen LogP contribution >= 0.6 is 34.4 Å². The highest BCUT2D eigenvalue weighted by Gasteiger charge is 2.13. The Labute approximate surface area is 220 Å². The maximum absolute atomic E-state index is 12.6. The molecular weight excluding hydrogens is 517 g/mol. The van der Waals surface area contributed by atoms with Crippen molar-refractivity contribution in [2.45, 2.75) is 20.4 Å². The second-order valence-electron chi connectivity index (χ2n) is 7.70. The number of fused-ring (bicyclic) bond motifs is 1. The number of anilines is 1. The summed E-state index contributed by atoms with van der Waals surface area (Å²) in [5.41, 5.74) is 3.66. The molecule has 0 saturated carbocycles. The molecule has 0 unspecified atom stereocenters. The van der Waals surface area contributed by atoms with Gasteiger partial charge < -0.3 is 14.6 Å². The Morgan fingerprint density at radius 2 is 1.94 bits per heavy atom. The Bertz CT molecular complexity index is 1460. The number of amides is 2. The quantitative estimate of drug-likeness (QED) is 0.314. The zero-order valence-corrected chi connectivity index (χ0v) is 22.2. The van der Waals surface area contributed by atoms with Crippen molar-refractivity contribution >= 4 is 67.6 Å². The highest BCUT2D eigenvalue weighted by Crippen LogP contribution is 2.24. The Hall–Kier alpha value is -3.28. The number of nitrogens with zero attached hydrogens (tertiary/aromatic N) is 3. The first-order valence-electron chi connectivity index (χ1n) is 11.1. The fraction of sp³-hybridized carbons (Fsp3) is 0.240. The summed E-state index contributed by atoms with van der Waals surface area (Å²) in [5.74, 6) is -0.885. The molecule has 0 bridgehead atoms. The largest absolute Gasteiger partial charge is 0.465 e. The smallest absolute Gasteiger partial charge is 0.326 e. The molecule has 36 heavy (non-hydrogen) atoms. The molecule has 2 amide bonds. The molecule has 4 aromatic rings.